The molecular weight excluding hydrogens is 454 g/mol. The van der Waals surface area contributed by atoms with Crippen LogP contribution in [-0.4, -0.2) is 37.4 Å². The molecule has 1 aliphatic heterocycles. The van der Waals surface area contributed by atoms with Crippen LogP contribution in [0.1, 0.15) is 30.3 Å². The predicted molar refractivity (Wildman–Crippen MR) is 130 cm³/mol. The van der Waals surface area contributed by atoms with Crippen LogP contribution in [0.4, 0.5) is 10.9 Å². The van der Waals surface area contributed by atoms with Gasteiger partial charge in [-0.3, -0.25) is 4.98 Å². The second kappa shape index (κ2) is 10.2. The van der Waals surface area contributed by atoms with Gasteiger partial charge in [0.1, 0.15) is 16.6 Å². The van der Waals surface area contributed by atoms with E-state index in [0.29, 0.717) is 28.4 Å². The summed E-state index contributed by atoms with van der Waals surface area (Å²) in [6, 6.07) is 11.5. The van der Waals surface area contributed by atoms with E-state index in [1.165, 1.54) is 23.3 Å². The molecule has 1 aliphatic rings. The normalized spacial score (nSPS) is 14.2. The largest absolute Gasteiger partial charge is 0.452 e. The van der Waals surface area contributed by atoms with E-state index in [1.807, 2.05) is 43.3 Å². The molecule has 0 atom stereocenters. The quantitative estimate of drug-likeness (QED) is 0.373. The zero-order valence-corrected chi connectivity index (χ0v) is 19.7. The van der Waals surface area contributed by atoms with Crippen LogP contribution in [0.2, 0.25) is 0 Å². The van der Waals surface area contributed by atoms with E-state index in [2.05, 4.69) is 30.0 Å². The molecule has 4 aromatic rings. The van der Waals surface area contributed by atoms with Crippen molar-refractivity contribution in [2.75, 3.05) is 18.4 Å². The summed E-state index contributed by atoms with van der Waals surface area (Å²) in [5.41, 5.74) is 0.801. The Bertz CT molecular complexity index is 1210. The van der Waals surface area contributed by atoms with E-state index in [1.54, 1.807) is 18.6 Å². The number of aryl methyl sites for hydroxylation is 1. The van der Waals surface area contributed by atoms with Crippen LogP contribution in [0, 0.1) is 6.92 Å². The number of rotatable bonds is 7. The van der Waals surface area contributed by atoms with Gasteiger partial charge in [-0.15, -0.1) is 0 Å². The highest BCUT2D eigenvalue weighted by Gasteiger charge is 2.20. The second-order valence-electron chi connectivity index (χ2n) is 7.58. The summed E-state index contributed by atoms with van der Waals surface area (Å²) in [5.74, 6) is 3.14. The van der Waals surface area contributed by atoms with Crippen LogP contribution >= 0.6 is 23.3 Å². The minimum absolute atomic E-state index is 0.400. The fourth-order valence-electron chi connectivity index (χ4n) is 3.51. The summed E-state index contributed by atoms with van der Waals surface area (Å²) in [4.78, 5) is 19.0. The Morgan fingerprint density at radius 2 is 1.94 bits per heavy atom. The third-order valence-corrected chi connectivity index (χ3v) is 6.79. The van der Waals surface area contributed by atoms with Crippen molar-refractivity contribution >= 4 is 34.2 Å². The van der Waals surface area contributed by atoms with Gasteiger partial charge in [0.05, 0.1) is 5.69 Å². The third-order valence-electron chi connectivity index (χ3n) is 5.24. The van der Waals surface area contributed by atoms with Crippen LogP contribution in [0.5, 0.6) is 11.5 Å². The minimum Gasteiger partial charge on any atom is -0.452 e. The standard InChI is InChI=1S/C23H23N7OS2/c1-15-18(5-4-10-25-15)31-19-13-17(32-20-6-2-3-9-26-20)14-27-22(19)29-23-28-21(30-33-23)16-7-11-24-12-8-16/h2-6,9-10,13-14,16,24H,7-8,11-12H2,1H3,(H,27,28,29,30). The summed E-state index contributed by atoms with van der Waals surface area (Å²) >= 11 is 2.87. The Morgan fingerprint density at radius 1 is 1.06 bits per heavy atom. The molecule has 8 nitrogen and oxygen atoms in total. The van der Waals surface area contributed by atoms with Crippen molar-refractivity contribution in [1.29, 1.82) is 0 Å². The lowest BCUT2D eigenvalue weighted by Gasteiger charge is -2.19. The molecule has 0 unspecified atom stereocenters. The van der Waals surface area contributed by atoms with Crippen molar-refractivity contribution in [2.45, 2.75) is 35.6 Å². The number of pyridine rings is 3. The van der Waals surface area contributed by atoms with Crippen molar-refractivity contribution in [3.63, 3.8) is 0 Å². The Labute approximate surface area is 200 Å². The van der Waals surface area contributed by atoms with Gasteiger partial charge in [0.15, 0.2) is 11.6 Å². The molecule has 0 radical (unpaired) electrons. The molecule has 1 saturated heterocycles. The number of nitrogens with one attached hydrogen (secondary N) is 2. The molecule has 0 aliphatic carbocycles. The summed E-state index contributed by atoms with van der Waals surface area (Å²) in [6.45, 7) is 3.93. The van der Waals surface area contributed by atoms with E-state index >= 15 is 0 Å². The van der Waals surface area contributed by atoms with E-state index in [4.69, 9.17) is 9.72 Å². The average Bonchev–Trinajstić information content (AvgIpc) is 3.32. The molecule has 5 heterocycles. The molecule has 168 valence electrons. The number of aromatic nitrogens is 5. The van der Waals surface area contributed by atoms with Gasteiger partial charge in [-0.2, -0.15) is 4.37 Å². The topological polar surface area (TPSA) is 97.7 Å². The van der Waals surface area contributed by atoms with Crippen LogP contribution < -0.4 is 15.4 Å². The first-order valence-corrected chi connectivity index (χ1v) is 12.3. The number of hydrogen-bond donors (Lipinski definition) is 2. The number of nitrogens with zero attached hydrogens (tertiary/aromatic N) is 5. The van der Waals surface area contributed by atoms with Crippen LogP contribution in [0.25, 0.3) is 0 Å². The highest BCUT2D eigenvalue weighted by molar-refractivity contribution is 7.99. The molecule has 4 aromatic heterocycles. The van der Waals surface area contributed by atoms with E-state index < -0.39 is 0 Å². The van der Waals surface area contributed by atoms with Crippen molar-refractivity contribution in [3.8, 4) is 11.5 Å². The maximum Gasteiger partial charge on any atom is 0.208 e. The van der Waals surface area contributed by atoms with Gasteiger partial charge in [0.25, 0.3) is 0 Å². The van der Waals surface area contributed by atoms with Crippen LogP contribution in [-0.2, 0) is 0 Å². The van der Waals surface area contributed by atoms with E-state index in [9.17, 15) is 0 Å². The Morgan fingerprint density at radius 3 is 2.76 bits per heavy atom. The van der Waals surface area contributed by atoms with Gasteiger partial charge in [-0.25, -0.2) is 15.0 Å². The van der Waals surface area contributed by atoms with Gasteiger partial charge in [-0.05, 0) is 57.1 Å². The van der Waals surface area contributed by atoms with Gasteiger partial charge < -0.3 is 15.4 Å². The third kappa shape index (κ3) is 5.47. The number of anilines is 2. The molecule has 33 heavy (non-hydrogen) atoms. The monoisotopic (exact) mass is 477 g/mol. The molecule has 1 fully saturated rings. The zero-order valence-electron chi connectivity index (χ0n) is 18.1. The number of piperidine rings is 1. The van der Waals surface area contributed by atoms with Crippen molar-refractivity contribution in [1.82, 2.24) is 29.6 Å². The smallest absolute Gasteiger partial charge is 0.208 e. The molecule has 0 spiro atoms. The lowest BCUT2D eigenvalue weighted by molar-refractivity contribution is 0.448. The molecule has 0 bridgehead atoms. The number of hydrogen-bond acceptors (Lipinski definition) is 10. The first kappa shape index (κ1) is 21.7. The summed E-state index contributed by atoms with van der Waals surface area (Å²) in [6.07, 6.45) is 7.44. The van der Waals surface area contributed by atoms with E-state index in [-0.39, 0.29) is 0 Å². The second-order valence-corrected chi connectivity index (χ2v) is 9.43. The Kier molecular flexibility index (Phi) is 6.75. The first-order valence-electron chi connectivity index (χ1n) is 10.7. The van der Waals surface area contributed by atoms with Crippen molar-refractivity contribution in [3.05, 3.63) is 66.5 Å². The SMILES string of the molecule is Cc1ncccc1Oc1cc(Sc2ccccn2)cnc1Nc1nc(C2CCNCC2)ns1. The highest BCUT2D eigenvalue weighted by atomic mass is 32.2. The fourth-order valence-corrected chi connectivity index (χ4v) is 4.93. The highest BCUT2D eigenvalue weighted by Crippen LogP contribution is 2.36. The minimum atomic E-state index is 0.400. The van der Waals surface area contributed by atoms with Crippen LogP contribution in [0.3, 0.4) is 0 Å². The lowest BCUT2D eigenvalue weighted by atomic mass is 9.98. The zero-order chi connectivity index (χ0) is 22.5. The van der Waals surface area contributed by atoms with Gasteiger partial charge >= 0.3 is 0 Å². The van der Waals surface area contributed by atoms with Gasteiger partial charge in [0, 0.05) is 47.0 Å². The summed E-state index contributed by atoms with van der Waals surface area (Å²) < 4.78 is 10.8. The average molecular weight is 478 g/mol. The van der Waals surface area contributed by atoms with Crippen molar-refractivity contribution < 1.29 is 4.74 Å². The van der Waals surface area contributed by atoms with Gasteiger partial charge in [-0.1, -0.05) is 17.8 Å². The predicted octanol–water partition coefficient (Wildman–Crippen LogP) is 5.19. The maximum atomic E-state index is 6.24. The molecule has 2 N–H and O–H groups in total. The van der Waals surface area contributed by atoms with Crippen LogP contribution in [0.15, 0.2) is 64.9 Å². The fraction of sp³-hybridized carbons (Fsp3) is 0.261. The number of ether oxygens (including phenoxy) is 1. The molecule has 5 rings (SSSR count). The molecule has 0 aromatic carbocycles. The maximum absolute atomic E-state index is 6.24. The van der Waals surface area contributed by atoms with Gasteiger partial charge in [0.2, 0.25) is 5.13 Å². The molecule has 10 heteroatoms. The first-order chi connectivity index (χ1) is 16.2. The molecular formula is C23H23N7OS2. The Hall–Kier alpha value is -3.08. The molecule has 0 saturated carbocycles. The van der Waals surface area contributed by atoms with Crippen molar-refractivity contribution in [2.24, 2.45) is 0 Å². The Balaban J connectivity index is 1.41. The summed E-state index contributed by atoms with van der Waals surface area (Å²) in [7, 11) is 0. The lowest BCUT2D eigenvalue weighted by Crippen LogP contribution is -2.27. The van der Waals surface area contributed by atoms with E-state index in [0.717, 1.165) is 47.4 Å². The molecule has 0 amide bonds. The summed E-state index contributed by atoms with van der Waals surface area (Å²) in [5, 5.41) is 8.28.